The maximum Gasteiger partial charge on any atom is 1.00 e. The molecular weight excluding hydrogens is 194 g/mol. The molecule has 0 aromatic heterocycles. The topological polar surface area (TPSA) is 58.6 Å². The van der Waals surface area contributed by atoms with Gasteiger partial charge in [-0.3, -0.25) is 0 Å². The fourth-order valence-electron chi connectivity index (χ4n) is 0.891. The summed E-state index contributed by atoms with van der Waals surface area (Å²) in [5.41, 5.74) is 0. The smallest absolute Gasteiger partial charge is 0.547 e. The van der Waals surface area contributed by atoms with Crippen LogP contribution in [0.15, 0.2) is 0 Å². The van der Waals surface area contributed by atoms with E-state index < -0.39 is 17.9 Å². The number of carbonyl (C=O) groups is 1. The minimum Gasteiger partial charge on any atom is -0.547 e. The van der Waals surface area contributed by atoms with Crippen molar-refractivity contribution in [1.82, 2.24) is 0 Å². The Morgan fingerprint density at radius 2 is 2.00 bits per heavy atom. The first-order valence-electron chi connectivity index (χ1n) is 3.19. The quantitative estimate of drug-likeness (QED) is 0.426. The van der Waals surface area contributed by atoms with Crippen LogP contribution >= 0.6 is 0 Å². The van der Waals surface area contributed by atoms with E-state index in [0.29, 0.717) is 0 Å². The van der Waals surface area contributed by atoms with E-state index in [1.807, 2.05) is 0 Å². The molecule has 0 aromatic carbocycles. The number of aliphatic carboxylic acids is 1. The van der Waals surface area contributed by atoms with Gasteiger partial charge in [-0.05, 0) is 6.92 Å². The van der Waals surface area contributed by atoms with Crippen molar-refractivity contribution < 1.29 is 75.1 Å². The molecule has 0 aliphatic carbocycles. The largest absolute Gasteiger partial charge is 1.00 e. The molecule has 1 heterocycles. The second-order valence-corrected chi connectivity index (χ2v) is 2.39. The maximum absolute atomic E-state index is 12.7. The van der Waals surface area contributed by atoms with Crippen LogP contribution in [-0.2, 0) is 14.3 Å². The number of carboxylic acids is 1. The maximum atomic E-state index is 12.7. The third-order valence-electron chi connectivity index (χ3n) is 1.53. The molecule has 64 valence electrons. The van der Waals surface area contributed by atoms with Gasteiger partial charge >= 0.3 is 51.4 Å². The summed E-state index contributed by atoms with van der Waals surface area (Å²) in [6, 6.07) is 0. The summed E-state index contributed by atoms with van der Waals surface area (Å²) in [7, 11) is 0. The summed E-state index contributed by atoms with van der Waals surface area (Å²) in [6.45, 7) is 1.66. The molecule has 0 aromatic rings. The van der Waals surface area contributed by atoms with Crippen LogP contribution in [0.2, 0.25) is 0 Å². The van der Waals surface area contributed by atoms with Crippen LogP contribution in [0.1, 0.15) is 6.92 Å². The van der Waals surface area contributed by atoms with Gasteiger partial charge in [-0.2, -0.15) is 0 Å². The van der Waals surface area contributed by atoms with Crippen LogP contribution in [-0.4, -0.2) is 31.1 Å². The summed E-state index contributed by atoms with van der Waals surface area (Å²) in [5.74, 6) is -3.46. The van der Waals surface area contributed by atoms with Crippen molar-refractivity contribution in [1.29, 1.82) is 0 Å². The van der Waals surface area contributed by atoms with Crippen LogP contribution in [0.25, 0.3) is 0 Å². The molecule has 0 amide bonds. The van der Waals surface area contributed by atoms with Crippen LogP contribution in [0.5, 0.6) is 0 Å². The second kappa shape index (κ2) is 4.99. The van der Waals surface area contributed by atoms with Gasteiger partial charge in [-0.1, -0.05) is 0 Å². The third-order valence-corrected chi connectivity index (χ3v) is 1.53. The monoisotopic (exact) mass is 202 g/mol. The van der Waals surface area contributed by atoms with Gasteiger partial charge in [-0.25, -0.2) is 4.39 Å². The summed E-state index contributed by atoms with van der Waals surface area (Å²) in [6.07, 6.45) is -2.23. The summed E-state index contributed by atoms with van der Waals surface area (Å²) < 4.78 is 22.2. The van der Waals surface area contributed by atoms with Gasteiger partial charge in [0.1, 0.15) is 0 Å². The molecule has 0 saturated carbocycles. The van der Waals surface area contributed by atoms with E-state index in [4.69, 9.17) is 9.47 Å². The first-order chi connectivity index (χ1) is 5.06. The van der Waals surface area contributed by atoms with E-state index >= 15 is 0 Å². The van der Waals surface area contributed by atoms with Gasteiger partial charge < -0.3 is 19.4 Å². The molecule has 1 aliphatic rings. The Hall–Kier alpha value is 0.956. The third kappa shape index (κ3) is 2.73. The van der Waals surface area contributed by atoms with Crippen LogP contribution < -0.4 is 56.5 Å². The minimum atomic E-state index is -2.23. The van der Waals surface area contributed by atoms with Crippen molar-refractivity contribution >= 4 is 5.97 Å². The van der Waals surface area contributed by atoms with Crippen molar-refractivity contribution in [3.63, 3.8) is 0 Å². The van der Waals surface area contributed by atoms with Crippen molar-refractivity contribution in [3.05, 3.63) is 0 Å². The van der Waals surface area contributed by atoms with Crippen molar-refractivity contribution in [3.8, 4) is 0 Å². The summed E-state index contributed by atoms with van der Waals surface area (Å²) in [4.78, 5) is 10.0. The van der Waals surface area contributed by atoms with E-state index in [1.165, 1.54) is 6.92 Å². The van der Waals surface area contributed by atoms with Crippen molar-refractivity contribution in [2.45, 2.75) is 18.9 Å². The van der Waals surface area contributed by atoms with Gasteiger partial charge in [0, 0.05) is 0 Å². The molecule has 0 spiro atoms. The number of hydrogen-bond acceptors (Lipinski definition) is 4. The predicted molar refractivity (Wildman–Crippen MR) is 30.2 cm³/mol. The summed E-state index contributed by atoms with van der Waals surface area (Å²) >= 11 is 0. The predicted octanol–water partition coefficient (Wildman–Crippen LogP) is -4.16. The van der Waals surface area contributed by atoms with Gasteiger partial charge in [-0.15, -0.1) is 0 Å². The number of halogens is 1. The molecule has 1 rings (SSSR count). The number of hydrogen-bond donors (Lipinski definition) is 0. The molecule has 1 saturated heterocycles. The van der Waals surface area contributed by atoms with E-state index in [2.05, 4.69) is 0 Å². The van der Waals surface area contributed by atoms with Crippen molar-refractivity contribution in [2.24, 2.45) is 0 Å². The average molecular weight is 202 g/mol. The first kappa shape index (κ1) is 13.0. The Bertz CT molecular complexity index is 169. The Labute approximate surface area is 112 Å². The molecule has 0 N–H and O–H groups in total. The fourth-order valence-corrected chi connectivity index (χ4v) is 0.891. The Balaban J connectivity index is 0.00000121. The molecule has 0 radical (unpaired) electrons. The molecule has 0 bridgehead atoms. The van der Waals surface area contributed by atoms with Gasteiger partial charge in [0.25, 0.3) is 0 Å². The number of carbonyl (C=O) groups excluding carboxylic acids is 1. The molecule has 1 aliphatic heterocycles. The molecule has 12 heavy (non-hydrogen) atoms. The van der Waals surface area contributed by atoms with Gasteiger partial charge in [0.05, 0.1) is 19.2 Å². The molecule has 1 unspecified atom stereocenters. The van der Waals surface area contributed by atoms with Crippen LogP contribution in [0, 0.1) is 0 Å². The Kier molecular flexibility index (Phi) is 5.39. The number of rotatable bonds is 2. The molecule has 1 fully saturated rings. The second-order valence-electron chi connectivity index (χ2n) is 2.39. The molecule has 1 atom stereocenters. The minimum absolute atomic E-state index is 0. The zero-order valence-corrected chi connectivity index (χ0v) is 10.1. The van der Waals surface area contributed by atoms with Crippen LogP contribution in [0.3, 0.4) is 0 Å². The fraction of sp³-hybridized carbons (Fsp3) is 0.833. The first-order valence-corrected chi connectivity index (χ1v) is 3.19. The standard InChI is InChI=1S/C6H9FO4.K/c1-6(4(7)5(8)9)10-2-3-11-6;/h4H,2-3H2,1H3,(H,8,9);/q;+1/p-1. The average Bonchev–Trinajstić information content (AvgIpc) is 2.35. The Morgan fingerprint density at radius 1 is 1.58 bits per heavy atom. The number of alkyl halides is 1. The van der Waals surface area contributed by atoms with Gasteiger partial charge in [0.2, 0.25) is 5.79 Å². The zero-order valence-electron chi connectivity index (χ0n) is 7.00. The number of carboxylic acid groups (broad SMARTS) is 1. The zero-order chi connectivity index (χ0) is 8.48. The van der Waals surface area contributed by atoms with Crippen molar-refractivity contribution in [2.75, 3.05) is 13.2 Å². The van der Waals surface area contributed by atoms with E-state index in [0.717, 1.165) is 0 Å². The van der Waals surface area contributed by atoms with Crippen LogP contribution in [0.4, 0.5) is 4.39 Å². The molecule has 4 nitrogen and oxygen atoms in total. The normalized spacial score (nSPS) is 22.8. The summed E-state index contributed by atoms with van der Waals surface area (Å²) in [5, 5.41) is 10.0. The molecule has 6 heteroatoms. The SMILES string of the molecule is CC1(C(F)C(=O)[O-])OCCO1.[K+]. The van der Waals surface area contributed by atoms with E-state index in [1.54, 1.807) is 0 Å². The number of ether oxygens (including phenoxy) is 2. The van der Waals surface area contributed by atoms with E-state index in [-0.39, 0.29) is 64.6 Å². The Morgan fingerprint density at radius 3 is 2.33 bits per heavy atom. The van der Waals surface area contributed by atoms with E-state index in [9.17, 15) is 14.3 Å². The van der Waals surface area contributed by atoms with Gasteiger partial charge in [0.15, 0.2) is 6.17 Å². The molecular formula is C6H8FKO4.